The van der Waals surface area contributed by atoms with Gasteiger partial charge in [-0.2, -0.15) is 0 Å². The summed E-state index contributed by atoms with van der Waals surface area (Å²) in [6.45, 7) is 1.72. The van der Waals surface area contributed by atoms with Crippen molar-refractivity contribution >= 4 is 35.4 Å². The molecule has 1 aromatic heterocycles. The van der Waals surface area contributed by atoms with Crippen molar-refractivity contribution in [2.45, 2.75) is 23.5 Å². The van der Waals surface area contributed by atoms with Gasteiger partial charge in [-0.3, -0.25) is 9.69 Å². The summed E-state index contributed by atoms with van der Waals surface area (Å²) in [5.41, 5.74) is 6.38. The number of nitrogens with two attached hydrogens (primary N) is 2. The molecule has 11 heteroatoms. The van der Waals surface area contributed by atoms with Crippen molar-refractivity contribution in [2.24, 2.45) is 5.73 Å². The van der Waals surface area contributed by atoms with E-state index in [1.165, 1.54) is 33.1 Å². The van der Waals surface area contributed by atoms with Crippen molar-refractivity contribution in [2.75, 3.05) is 17.3 Å². The first-order chi connectivity index (χ1) is 10.4. The van der Waals surface area contributed by atoms with Gasteiger partial charge in [0.25, 0.3) is 0 Å². The molecule has 0 aromatic carbocycles. The summed E-state index contributed by atoms with van der Waals surface area (Å²) in [6.07, 6.45) is 0. The molecule has 5 N–H and O–H groups in total. The quantitative estimate of drug-likeness (QED) is 0.356. The minimum atomic E-state index is -1.12. The second-order valence-corrected chi connectivity index (χ2v) is 6.93. The average molecular weight is 342 g/mol. The number of amides is 1. The predicted molar refractivity (Wildman–Crippen MR) is 81.4 cm³/mol. The first-order valence-corrected chi connectivity index (χ1v) is 8.40. The molecule has 118 valence electrons. The summed E-state index contributed by atoms with van der Waals surface area (Å²) in [5, 5.41) is 17.4. The number of fused-ring (bicyclic) bond motifs is 1. The van der Waals surface area contributed by atoms with Crippen LogP contribution in [0, 0.1) is 6.92 Å². The van der Waals surface area contributed by atoms with Crippen LogP contribution in [0.25, 0.3) is 0 Å². The fourth-order valence-electron chi connectivity index (χ4n) is 2.29. The fourth-order valence-corrected chi connectivity index (χ4v) is 4.62. The molecule has 1 saturated heterocycles. The van der Waals surface area contributed by atoms with E-state index in [9.17, 15) is 14.7 Å². The van der Waals surface area contributed by atoms with E-state index in [1.54, 1.807) is 6.92 Å². The second kappa shape index (κ2) is 5.48. The van der Waals surface area contributed by atoms with E-state index in [0.29, 0.717) is 28.1 Å². The Bertz CT molecular complexity index is 687. The van der Waals surface area contributed by atoms with Gasteiger partial charge in [0.15, 0.2) is 0 Å². The normalized spacial score (nSPS) is 24.3. The lowest BCUT2D eigenvalue weighted by Gasteiger charge is -2.48. The van der Waals surface area contributed by atoms with Crippen molar-refractivity contribution in [1.82, 2.24) is 19.8 Å². The Morgan fingerprint density at radius 1 is 1.55 bits per heavy atom. The second-order valence-electron chi connectivity index (χ2n) is 4.88. The molecule has 1 amide bonds. The van der Waals surface area contributed by atoms with Gasteiger partial charge in [0, 0.05) is 11.5 Å². The number of carboxylic acid groups (broad SMARTS) is 1. The molecule has 22 heavy (non-hydrogen) atoms. The molecule has 3 heterocycles. The molecule has 1 aromatic rings. The van der Waals surface area contributed by atoms with Gasteiger partial charge in [0.05, 0.1) is 0 Å². The number of thioether (sulfide) groups is 2. The largest absolute Gasteiger partial charge is 0.477 e. The Labute approximate surface area is 134 Å². The summed E-state index contributed by atoms with van der Waals surface area (Å²) in [5.74, 6) is 5.74. The van der Waals surface area contributed by atoms with Crippen LogP contribution < -0.4 is 11.6 Å². The van der Waals surface area contributed by atoms with Crippen LogP contribution in [-0.2, 0) is 9.59 Å². The van der Waals surface area contributed by atoms with Crippen LogP contribution in [0.4, 0.5) is 0 Å². The predicted octanol–water partition coefficient (Wildman–Crippen LogP) is -1.03. The van der Waals surface area contributed by atoms with Gasteiger partial charge in [-0.15, -0.1) is 22.0 Å². The SMILES string of the molecule is Cc1nnc(SCC2=C(C(=O)O)N3C(=O)C(N)[C@@H]3SC2)n1N. The van der Waals surface area contributed by atoms with E-state index in [4.69, 9.17) is 11.6 Å². The molecule has 9 nitrogen and oxygen atoms in total. The third kappa shape index (κ3) is 2.25. The molecule has 2 aliphatic heterocycles. The Kier molecular flexibility index (Phi) is 3.78. The molecular formula is C11H14N6O3S2. The molecule has 1 unspecified atom stereocenters. The van der Waals surface area contributed by atoms with Crippen LogP contribution in [0.15, 0.2) is 16.4 Å². The van der Waals surface area contributed by atoms with Crippen molar-refractivity contribution in [1.29, 1.82) is 0 Å². The van der Waals surface area contributed by atoms with Crippen LogP contribution in [-0.4, -0.2) is 59.7 Å². The smallest absolute Gasteiger partial charge is 0.352 e. The van der Waals surface area contributed by atoms with Crippen LogP contribution in [0.1, 0.15) is 5.82 Å². The van der Waals surface area contributed by atoms with Gasteiger partial charge in [-0.25, -0.2) is 9.47 Å². The molecule has 3 rings (SSSR count). The maximum Gasteiger partial charge on any atom is 0.352 e. The molecule has 2 atom stereocenters. The molecule has 0 radical (unpaired) electrons. The minimum Gasteiger partial charge on any atom is -0.477 e. The number of carbonyl (C=O) groups excluding carboxylic acids is 1. The van der Waals surface area contributed by atoms with E-state index in [2.05, 4.69) is 10.2 Å². The Morgan fingerprint density at radius 3 is 2.86 bits per heavy atom. The first-order valence-electron chi connectivity index (χ1n) is 6.37. The summed E-state index contributed by atoms with van der Waals surface area (Å²) in [4.78, 5) is 24.6. The Hall–Kier alpha value is -1.72. The molecule has 2 aliphatic rings. The van der Waals surface area contributed by atoms with Gasteiger partial charge in [0.1, 0.15) is 22.9 Å². The lowest BCUT2D eigenvalue weighted by atomic mass is 10.0. The highest BCUT2D eigenvalue weighted by molar-refractivity contribution is 8.01. The Balaban J connectivity index is 1.83. The number of rotatable bonds is 4. The molecule has 0 spiro atoms. The maximum atomic E-state index is 11.8. The summed E-state index contributed by atoms with van der Waals surface area (Å²) >= 11 is 2.76. The summed E-state index contributed by atoms with van der Waals surface area (Å²) in [7, 11) is 0. The number of β-lactam (4-membered cyclic amide) rings is 1. The third-order valence-electron chi connectivity index (χ3n) is 3.50. The van der Waals surface area contributed by atoms with Crippen molar-refractivity contribution in [3.05, 3.63) is 17.1 Å². The van der Waals surface area contributed by atoms with E-state index < -0.39 is 12.0 Å². The maximum absolute atomic E-state index is 11.8. The number of carbonyl (C=O) groups is 2. The van der Waals surface area contributed by atoms with Crippen LogP contribution in [0.2, 0.25) is 0 Å². The topological polar surface area (TPSA) is 140 Å². The number of carboxylic acids is 1. The summed E-state index contributed by atoms with van der Waals surface area (Å²) < 4.78 is 1.34. The van der Waals surface area contributed by atoms with Crippen molar-refractivity contribution in [3.8, 4) is 0 Å². The lowest BCUT2D eigenvalue weighted by molar-refractivity contribution is -0.147. The minimum absolute atomic E-state index is 0.0303. The number of hydrogen-bond acceptors (Lipinski definition) is 8. The summed E-state index contributed by atoms with van der Waals surface area (Å²) in [6, 6.07) is -0.622. The van der Waals surface area contributed by atoms with Gasteiger partial charge in [-0.05, 0) is 12.5 Å². The standard InChI is InChI=1S/C11H14N6O3S2/c1-4-14-15-11(17(4)13)22-3-5-2-21-9-6(12)8(18)16(9)7(5)10(19)20/h6,9H,2-3,12-13H2,1H3,(H,19,20)/t6?,9-/m0/s1. The van der Waals surface area contributed by atoms with Crippen LogP contribution in [0.5, 0.6) is 0 Å². The molecular weight excluding hydrogens is 328 g/mol. The fraction of sp³-hybridized carbons (Fsp3) is 0.455. The van der Waals surface area contributed by atoms with Crippen molar-refractivity contribution in [3.63, 3.8) is 0 Å². The molecule has 0 aliphatic carbocycles. The highest BCUT2D eigenvalue weighted by atomic mass is 32.2. The number of hydrogen-bond donors (Lipinski definition) is 3. The van der Waals surface area contributed by atoms with Crippen molar-refractivity contribution < 1.29 is 14.7 Å². The monoisotopic (exact) mass is 342 g/mol. The first kappa shape index (κ1) is 15.2. The van der Waals surface area contributed by atoms with E-state index in [-0.39, 0.29) is 17.0 Å². The number of aryl methyl sites for hydroxylation is 1. The number of aromatic nitrogens is 3. The highest BCUT2D eigenvalue weighted by Crippen LogP contribution is 2.40. The van der Waals surface area contributed by atoms with Gasteiger partial charge in [-0.1, -0.05) is 11.8 Å². The number of aliphatic carboxylic acids is 1. The van der Waals surface area contributed by atoms with Gasteiger partial charge in [0.2, 0.25) is 11.1 Å². The number of nitrogen functional groups attached to an aromatic ring is 1. The highest BCUT2D eigenvalue weighted by Gasteiger charge is 2.51. The number of nitrogens with zero attached hydrogens (tertiary/aromatic N) is 4. The van der Waals surface area contributed by atoms with Crippen LogP contribution >= 0.6 is 23.5 Å². The molecule has 0 bridgehead atoms. The zero-order valence-corrected chi connectivity index (χ0v) is 13.2. The van der Waals surface area contributed by atoms with E-state index in [0.717, 1.165) is 0 Å². The van der Waals surface area contributed by atoms with E-state index >= 15 is 0 Å². The molecule has 0 saturated carbocycles. The molecule has 1 fully saturated rings. The van der Waals surface area contributed by atoms with Gasteiger partial charge >= 0.3 is 5.97 Å². The Morgan fingerprint density at radius 2 is 2.27 bits per heavy atom. The average Bonchev–Trinajstić information content (AvgIpc) is 2.82. The van der Waals surface area contributed by atoms with E-state index in [1.807, 2.05) is 0 Å². The third-order valence-corrected chi connectivity index (χ3v) is 5.89. The van der Waals surface area contributed by atoms with Crippen LogP contribution in [0.3, 0.4) is 0 Å². The van der Waals surface area contributed by atoms with Gasteiger partial charge < -0.3 is 16.7 Å². The lowest BCUT2D eigenvalue weighted by Crippen LogP contribution is -2.68. The zero-order chi connectivity index (χ0) is 16.0. The zero-order valence-electron chi connectivity index (χ0n) is 11.6.